The number of ether oxygens (including phenoxy) is 1. The molecular formula is C28H24N2O4S. The number of benzene rings is 3. The maximum Gasteiger partial charge on any atom is 0.301 e. The third-order valence-electron chi connectivity index (χ3n) is 6.00. The van der Waals surface area contributed by atoms with Crippen molar-refractivity contribution in [2.24, 2.45) is 0 Å². The van der Waals surface area contributed by atoms with Crippen LogP contribution in [0.1, 0.15) is 35.2 Å². The molecule has 176 valence electrons. The Morgan fingerprint density at radius 1 is 1.06 bits per heavy atom. The molecular weight excluding hydrogens is 460 g/mol. The molecule has 1 amide bonds. The van der Waals surface area contributed by atoms with Gasteiger partial charge in [-0.1, -0.05) is 59.9 Å². The van der Waals surface area contributed by atoms with Crippen LogP contribution < -0.4 is 9.64 Å². The highest BCUT2D eigenvalue weighted by atomic mass is 32.1. The number of aryl methyl sites for hydroxylation is 2. The van der Waals surface area contributed by atoms with Crippen molar-refractivity contribution in [1.29, 1.82) is 0 Å². The number of Topliss-reactive ketones (excluding diaryl/α,β-unsaturated/α-hetero) is 1. The van der Waals surface area contributed by atoms with E-state index in [-0.39, 0.29) is 11.3 Å². The van der Waals surface area contributed by atoms with Gasteiger partial charge in [-0.2, -0.15) is 0 Å². The lowest BCUT2D eigenvalue weighted by Gasteiger charge is -2.23. The first-order valence-electron chi connectivity index (χ1n) is 11.4. The predicted molar refractivity (Wildman–Crippen MR) is 138 cm³/mol. The normalized spacial score (nSPS) is 17.3. The number of fused-ring (bicyclic) bond motifs is 1. The van der Waals surface area contributed by atoms with Gasteiger partial charge in [-0.05, 0) is 55.7 Å². The number of hydrogen-bond donors (Lipinski definition) is 1. The number of carbonyl (C=O) groups excluding carboxylic acids is 2. The number of aliphatic hydroxyl groups excluding tert-OH is 1. The van der Waals surface area contributed by atoms with Gasteiger partial charge in [-0.15, -0.1) is 0 Å². The third kappa shape index (κ3) is 3.98. The van der Waals surface area contributed by atoms with Gasteiger partial charge < -0.3 is 9.84 Å². The first kappa shape index (κ1) is 22.8. The van der Waals surface area contributed by atoms with Crippen LogP contribution in [0, 0.1) is 13.8 Å². The molecule has 4 aromatic rings. The Morgan fingerprint density at radius 2 is 1.83 bits per heavy atom. The van der Waals surface area contributed by atoms with E-state index in [1.54, 1.807) is 30.3 Å². The van der Waals surface area contributed by atoms with Gasteiger partial charge in [0.1, 0.15) is 11.5 Å². The highest BCUT2D eigenvalue weighted by molar-refractivity contribution is 7.22. The Labute approximate surface area is 207 Å². The van der Waals surface area contributed by atoms with E-state index >= 15 is 0 Å². The summed E-state index contributed by atoms with van der Waals surface area (Å²) in [7, 11) is 0. The van der Waals surface area contributed by atoms with Crippen molar-refractivity contribution in [3.8, 4) is 5.75 Å². The van der Waals surface area contributed by atoms with Crippen molar-refractivity contribution in [1.82, 2.24) is 4.98 Å². The molecule has 1 aliphatic heterocycles. The van der Waals surface area contributed by atoms with Crippen molar-refractivity contribution in [2.45, 2.75) is 26.8 Å². The maximum atomic E-state index is 13.4. The second kappa shape index (κ2) is 9.00. The fraction of sp³-hybridized carbons (Fsp3) is 0.179. The molecule has 0 spiro atoms. The Morgan fingerprint density at radius 3 is 2.57 bits per heavy atom. The van der Waals surface area contributed by atoms with E-state index in [9.17, 15) is 14.7 Å². The smallest absolute Gasteiger partial charge is 0.301 e. The van der Waals surface area contributed by atoms with Crippen molar-refractivity contribution in [3.05, 3.63) is 94.6 Å². The lowest BCUT2D eigenvalue weighted by atomic mass is 9.95. The van der Waals surface area contributed by atoms with Crippen LogP contribution in [0.4, 0.5) is 5.13 Å². The number of hydrogen-bond acceptors (Lipinski definition) is 6. The van der Waals surface area contributed by atoms with Crippen LogP contribution in [0.25, 0.3) is 16.0 Å². The molecule has 35 heavy (non-hydrogen) atoms. The number of rotatable bonds is 5. The van der Waals surface area contributed by atoms with Gasteiger partial charge in [-0.25, -0.2) is 4.98 Å². The summed E-state index contributed by atoms with van der Waals surface area (Å²) in [6.07, 6.45) is 0. The topological polar surface area (TPSA) is 79.7 Å². The highest BCUT2D eigenvalue weighted by Gasteiger charge is 2.48. The van der Waals surface area contributed by atoms with E-state index in [2.05, 4.69) is 0 Å². The molecule has 7 heteroatoms. The maximum absolute atomic E-state index is 13.4. The second-order valence-corrected chi connectivity index (χ2v) is 9.47. The summed E-state index contributed by atoms with van der Waals surface area (Å²) in [5.41, 5.74) is 4.03. The van der Waals surface area contributed by atoms with Gasteiger partial charge in [0.2, 0.25) is 0 Å². The zero-order chi connectivity index (χ0) is 24.7. The number of carbonyl (C=O) groups is 2. The van der Waals surface area contributed by atoms with E-state index in [1.165, 1.54) is 16.2 Å². The minimum Gasteiger partial charge on any atom is -0.507 e. The van der Waals surface area contributed by atoms with Crippen LogP contribution in [0.3, 0.4) is 0 Å². The Balaban J connectivity index is 1.74. The number of ketones is 1. The summed E-state index contributed by atoms with van der Waals surface area (Å²) in [5.74, 6) is -1.06. The minimum absolute atomic E-state index is 0.0296. The molecule has 0 bridgehead atoms. The Kier molecular flexibility index (Phi) is 5.86. The lowest BCUT2D eigenvalue weighted by Crippen LogP contribution is -2.29. The molecule has 5 rings (SSSR count). The molecule has 3 aromatic carbocycles. The molecule has 2 heterocycles. The number of amides is 1. The number of aliphatic hydroxyl groups is 1. The Hall–Kier alpha value is -3.97. The first-order valence-corrected chi connectivity index (χ1v) is 12.2. The second-order valence-electron chi connectivity index (χ2n) is 8.47. The molecule has 0 radical (unpaired) electrons. The van der Waals surface area contributed by atoms with Gasteiger partial charge in [-0.3, -0.25) is 14.5 Å². The van der Waals surface area contributed by atoms with Crippen LogP contribution >= 0.6 is 11.3 Å². The molecule has 0 aliphatic carbocycles. The van der Waals surface area contributed by atoms with Gasteiger partial charge in [0.05, 0.1) is 28.4 Å². The molecule has 6 nitrogen and oxygen atoms in total. The van der Waals surface area contributed by atoms with Crippen LogP contribution in [-0.2, 0) is 9.59 Å². The molecule has 1 N–H and O–H groups in total. The summed E-state index contributed by atoms with van der Waals surface area (Å²) in [6.45, 7) is 6.35. The Bertz CT molecular complexity index is 1490. The largest absolute Gasteiger partial charge is 0.507 e. The SMILES string of the molecule is CCOc1cccc(C2C(=C(O)c3ccccc3)C(=O)C(=O)N2c2nc3c(C)cc(C)cc3s2)c1. The summed E-state index contributed by atoms with van der Waals surface area (Å²) in [5, 5.41) is 11.6. The van der Waals surface area contributed by atoms with Crippen molar-refractivity contribution < 1.29 is 19.4 Å². The molecule has 1 aliphatic rings. The average Bonchev–Trinajstić information content (AvgIpc) is 3.38. The monoisotopic (exact) mass is 484 g/mol. The molecule has 0 saturated carbocycles. The van der Waals surface area contributed by atoms with Crippen molar-refractivity contribution in [2.75, 3.05) is 11.5 Å². The third-order valence-corrected chi connectivity index (χ3v) is 7.00. The van der Waals surface area contributed by atoms with E-state index < -0.39 is 17.7 Å². The van der Waals surface area contributed by atoms with E-state index in [1.807, 2.05) is 57.2 Å². The highest BCUT2D eigenvalue weighted by Crippen LogP contribution is 2.45. The van der Waals surface area contributed by atoms with Crippen molar-refractivity contribution >= 4 is 44.1 Å². The number of aromatic nitrogens is 1. The van der Waals surface area contributed by atoms with Gasteiger partial charge in [0.25, 0.3) is 5.78 Å². The zero-order valence-electron chi connectivity index (χ0n) is 19.6. The molecule has 1 saturated heterocycles. The van der Waals surface area contributed by atoms with Crippen LogP contribution in [0.5, 0.6) is 5.75 Å². The van der Waals surface area contributed by atoms with E-state index in [0.717, 1.165) is 21.3 Å². The minimum atomic E-state index is -0.849. The van der Waals surface area contributed by atoms with Crippen molar-refractivity contribution in [3.63, 3.8) is 0 Å². The summed E-state index contributed by atoms with van der Waals surface area (Å²) in [6, 6.07) is 19.3. The summed E-state index contributed by atoms with van der Waals surface area (Å²) in [4.78, 5) is 33.0. The predicted octanol–water partition coefficient (Wildman–Crippen LogP) is 5.94. The van der Waals surface area contributed by atoms with Crippen LogP contribution in [0.2, 0.25) is 0 Å². The number of nitrogens with zero attached hydrogens (tertiary/aromatic N) is 2. The van der Waals surface area contributed by atoms with Gasteiger partial charge in [0, 0.05) is 5.56 Å². The van der Waals surface area contributed by atoms with Gasteiger partial charge >= 0.3 is 5.91 Å². The van der Waals surface area contributed by atoms with Crippen LogP contribution in [-0.4, -0.2) is 28.4 Å². The fourth-order valence-electron chi connectivity index (χ4n) is 4.50. The van der Waals surface area contributed by atoms with Gasteiger partial charge in [0.15, 0.2) is 5.13 Å². The quantitative estimate of drug-likeness (QED) is 0.215. The summed E-state index contributed by atoms with van der Waals surface area (Å²) >= 11 is 1.36. The molecule has 1 fully saturated rings. The standard InChI is InChI=1S/C28H24N2O4S/c1-4-34-20-12-8-11-19(15-20)24-22(25(31)18-9-6-5-7-10-18)26(32)27(33)30(24)28-29-23-17(3)13-16(2)14-21(23)35-28/h5-15,24,31H,4H2,1-3H3. The molecule has 1 atom stereocenters. The van der Waals surface area contributed by atoms with E-state index in [0.29, 0.717) is 28.6 Å². The number of thiazole rings is 1. The lowest BCUT2D eigenvalue weighted by molar-refractivity contribution is -0.132. The first-order chi connectivity index (χ1) is 16.9. The number of anilines is 1. The average molecular weight is 485 g/mol. The fourth-order valence-corrected chi connectivity index (χ4v) is 5.67. The molecule has 1 aromatic heterocycles. The van der Waals surface area contributed by atoms with E-state index in [4.69, 9.17) is 9.72 Å². The molecule has 1 unspecified atom stereocenters. The summed E-state index contributed by atoms with van der Waals surface area (Å²) < 4.78 is 6.61. The van der Waals surface area contributed by atoms with Crippen LogP contribution in [0.15, 0.2) is 72.3 Å². The zero-order valence-corrected chi connectivity index (χ0v) is 20.4.